The van der Waals surface area contributed by atoms with Crippen molar-refractivity contribution in [2.75, 3.05) is 19.6 Å². The molecular formula is C21H24F2N4O3. The normalized spacial score (nSPS) is 20.4. The van der Waals surface area contributed by atoms with Crippen LogP contribution in [-0.4, -0.2) is 51.4 Å². The quantitative estimate of drug-likeness (QED) is 0.765. The SMILES string of the molecule is Cc1noc(C2CCN(C(=O)c3cc(F)ccc3F)CCN2C(=O)C2CCCC2)n1. The van der Waals surface area contributed by atoms with Crippen LogP contribution in [0.5, 0.6) is 0 Å². The molecule has 1 aromatic heterocycles. The van der Waals surface area contributed by atoms with Crippen LogP contribution in [0, 0.1) is 24.5 Å². The average Bonchev–Trinajstić information content (AvgIpc) is 3.36. The molecule has 4 rings (SSSR count). The molecule has 160 valence electrons. The maximum Gasteiger partial charge on any atom is 0.256 e. The predicted octanol–water partition coefficient (Wildman–Crippen LogP) is 3.26. The number of halogens is 2. The zero-order valence-corrected chi connectivity index (χ0v) is 16.8. The third-order valence-electron chi connectivity index (χ3n) is 5.92. The molecule has 0 radical (unpaired) electrons. The van der Waals surface area contributed by atoms with Crippen LogP contribution in [0.1, 0.15) is 60.2 Å². The van der Waals surface area contributed by atoms with Crippen molar-refractivity contribution in [2.45, 2.75) is 45.1 Å². The Morgan fingerprint density at radius 1 is 1.10 bits per heavy atom. The third-order valence-corrected chi connectivity index (χ3v) is 5.92. The van der Waals surface area contributed by atoms with Gasteiger partial charge in [0, 0.05) is 25.6 Å². The van der Waals surface area contributed by atoms with Crippen molar-refractivity contribution in [3.63, 3.8) is 0 Å². The molecule has 2 heterocycles. The van der Waals surface area contributed by atoms with E-state index in [-0.39, 0.29) is 37.0 Å². The van der Waals surface area contributed by atoms with E-state index in [1.54, 1.807) is 11.8 Å². The van der Waals surface area contributed by atoms with Crippen molar-refractivity contribution in [2.24, 2.45) is 5.92 Å². The summed E-state index contributed by atoms with van der Waals surface area (Å²) in [5.74, 6) is -1.25. The maximum absolute atomic E-state index is 14.1. The van der Waals surface area contributed by atoms with Gasteiger partial charge in [-0.3, -0.25) is 9.59 Å². The Labute approximate surface area is 173 Å². The number of benzene rings is 1. The van der Waals surface area contributed by atoms with Crippen molar-refractivity contribution < 1.29 is 22.9 Å². The van der Waals surface area contributed by atoms with Crippen LogP contribution in [0.2, 0.25) is 0 Å². The summed E-state index contributed by atoms with van der Waals surface area (Å²) < 4.78 is 33.0. The first-order valence-electron chi connectivity index (χ1n) is 10.3. The predicted molar refractivity (Wildman–Crippen MR) is 102 cm³/mol. The molecule has 1 aromatic carbocycles. The van der Waals surface area contributed by atoms with Crippen LogP contribution in [0.4, 0.5) is 8.78 Å². The highest BCUT2D eigenvalue weighted by Crippen LogP contribution is 2.33. The van der Waals surface area contributed by atoms with Gasteiger partial charge in [-0.2, -0.15) is 4.98 Å². The van der Waals surface area contributed by atoms with E-state index in [0.29, 0.717) is 18.1 Å². The lowest BCUT2D eigenvalue weighted by Crippen LogP contribution is -2.41. The molecule has 2 amide bonds. The largest absolute Gasteiger partial charge is 0.337 e. The zero-order valence-electron chi connectivity index (χ0n) is 16.8. The summed E-state index contributed by atoms with van der Waals surface area (Å²) in [5.41, 5.74) is -0.309. The number of aryl methyl sites for hydroxylation is 1. The molecule has 2 aliphatic rings. The highest BCUT2D eigenvalue weighted by atomic mass is 19.1. The molecule has 1 aliphatic heterocycles. The van der Waals surface area contributed by atoms with Gasteiger partial charge in [0.15, 0.2) is 5.82 Å². The minimum atomic E-state index is -0.770. The van der Waals surface area contributed by atoms with Crippen molar-refractivity contribution >= 4 is 11.8 Å². The van der Waals surface area contributed by atoms with Crippen LogP contribution in [0.15, 0.2) is 22.7 Å². The van der Waals surface area contributed by atoms with Crippen LogP contribution in [0.3, 0.4) is 0 Å². The number of carbonyl (C=O) groups is 2. The van der Waals surface area contributed by atoms with E-state index in [2.05, 4.69) is 10.1 Å². The van der Waals surface area contributed by atoms with Crippen molar-refractivity contribution in [1.82, 2.24) is 19.9 Å². The van der Waals surface area contributed by atoms with Gasteiger partial charge in [-0.05, 0) is 44.4 Å². The molecule has 0 bridgehead atoms. The van der Waals surface area contributed by atoms with E-state index in [1.165, 1.54) is 4.90 Å². The zero-order chi connectivity index (χ0) is 21.3. The van der Waals surface area contributed by atoms with Gasteiger partial charge in [0.1, 0.15) is 17.7 Å². The molecular weight excluding hydrogens is 394 g/mol. The maximum atomic E-state index is 14.1. The molecule has 1 unspecified atom stereocenters. The fraction of sp³-hybridized carbons (Fsp3) is 0.524. The lowest BCUT2D eigenvalue weighted by Gasteiger charge is -2.29. The number of amides is 2. The highest BCUT2D eigenvalue weighted by molar-refractivity contribution is 5.94. The molecule has 1 saturated carbocycles. The second-order valence-electron chi connectivity index (χ2n) is 7.91. The second kappa shape index (κ2) is 8.49. The van der Waals surface area contributed by atoms with Gasteiger partial charge in [0.25, 0.3) is 5.91 Å². The van der Waals surface area contributed by atoms with Crippen LogP contribution >= 0.6 is 0 Å². The van der Waals surface area contributed by atoms with Gasteiger partial charge < -0.3 is 14.3 Å². The smallest absolute Gasteiger partial charge is 0.256 e. The fourth-order valence-corrected chi connectivity index (χ4v) is 4.34. The molecule has 0 spiro atoms. The van der Waals surface area contributed by atoms with E-state index in [4.69, 9.17) is 4.52 Å². The molecule has 1 atom stereocenters. The van der Waals surface area contributed by atoms with Gasteiger partial charge in [0.05, 0.1) is 5.56 Å². The number of hydrogen-bond acceptors (Lipinski definition) is 5. The van der Waals surface area contributed by atoms with E-state index in [0.717, 1.165) is 43.9 Å². The first-order chi connectivity index (χ1) is 14.4. The molecule has 30 heavy (non-hydrogen) atoms. The van der Waals surface area contributed by atoms with Crippen molar-refractivity contribution in [3.8, 4) is 0 Å². The molecule has 7 nitrogen and oxygen atoms in total. The summed E-state index contributed by atoms with van der Waals surface area (Å²) in [6.45, 7) is 2.45. The number of carbonyl (C=O) groups excluding carboxylic acids is 2. The Hall–Kier alpha value is -2.84. The molecule has 1 aliphatic carbocycles. The van der Waals surface area contributed by atoms with Crippen LogP contribution in [-0.2, 0) is 4.79 Å². The second-order valence-corrected chi connectivity index (χ2v) is 7.91. The summed E-state index contributed by atoms with van der Waals surface area (Å²) in [6, 6.07) is 2.38. The molecule has 2 fully saturated rings. The minimum Gasteiger partial charge on any atom is -0.337 e. The molecule has 1 saturated heterocycles. The van der Waals surface area contributed by atoms with Gasteiger partial charge in [-0.15, -0.1) is 0 Å². The standard InChI is InChI=1S/C21H24F2N4O3/c1-13-24-19(30-25-13)18-8-9-26(21(29)16-12-15(22)6-7-17(16)23)10-11-27(18)20(28)14-4-2-3-5-14/h6-7,12,14,18H,2-5,8-11H2,1H3. The summed E-state index contributed by atoms with van der Waals surface area (Å²) in [7, 11) is 0. The first kappa shape index (κ1) is 20.4. The average molecular weight is 418 g/mol. The summed E-state index contributed by atoms with van der Waals surface area (Å²) in [4.78, 5) is 33.6. The Kier molecular flexibility index (Phi) is 5.78. The molecule has 9 heteroatoms. The Bertz CT molecular complexity index is 942. The molecule has 0 N–H and O–H groups in total. The van der Waals surface area contributed by atoms with Gasteiger partial charge in [-0.25, -0.2) is 8.78 Å². The number of rotatable bonds is 3. The Morgan fingerprint density at radius 2 is 1.87 bits per heavy atom. The Morgan fingerprint density at radius 3 is 2.57 bits per heavy atom. The number of aromatic nitrogens is 2. The van der Waals surface area contributed by atoms with Crippen LogP contribution < -0.4 is 0 Å². The number of hydrogen-bond donors (Lipinski definition) is 0. The lowest BCUT2D eigenvalue weighted by molar-refractivity contribution is -0.138. The van der Waals surface area contributed by atoms with Gasteiger partial charge in [-0.1, -0.05) is 18.0 Å². The van der Waals surface area contributed by atoms with E-state index < -0.39 is 23.6 Å². The van der Waals surface area contributed by atoms with Crippen molar-refractivity contribution in [1.29, 1.82) is 0 Å². The van der Waals surface area contributed by atoms with E-state index in [9.17, 15) is 18.4 Å². The van der Waals surface area contributed by atoms with E-state index in [1.807, 2.05) is 0 Å². The third kappa shape index (κ3) is 4.06. The summed E-state index contributed by atoms with van der Waals surface area (Å²) in [6.07, 6.45) is 4.13. The monoisotopic (exact) mass is 418 g/mol. The lowest BCUT2D eigenvalue weighted by atomic mass is 10.0. The fourth-order valence-electron chi connectivity index (χ4n) is 4.34. The first-order valence-corrected chi connectivity index (χ1v) is 10.3. The van der Waals surface area contributed by atoms with Crippen LogP contribution in [0.25, 0.3) is 0 Å². The summed E-state index contributed by atoms with van der Waals surface area (Å²) >= 11 is 0. The summed E-state index contributed by atoms with van der Waals surface area (Å²) in [5, 5.41) is 3.84. The number of nitrogens with zero attached hydrogens (tertiary/aromatic N) is 4. The van der Waals surface area contributed by atoms with E-state index >= 15 is 0 Å². The Balaban J connectivity index is 1.59. The molecule has 2 aromatic rings. The van der Waals surface area contributed by atoms with Gasteiger partial charge in [0.2, 0.25) is 11.8 Å². The minimum absolute atomic E-state index is 0.0274. The topological polar surface area (TPSA) is 79.5 Å². The van der Waals surface area contributed by atoms with Gasteiger partial charge >= 0.3 is 0 Å². The van der Waals surface area contributed by atoms with Crippen molar-refractivity contribution in [3.05, 3.63) is 47.1 Å². The highest BCUT2D eigenvalue weighted by Gasteiger charge is 2.37.